The summed E-state index contributed by atoms with van der Waals surface area (Å²) in [5, 5.41) is 6.97. The molecule has 7 nitrogen and oxygen atoms in total. The predicted octanol–water partition coefficient (Wildman–Crippen LogP) is 3.74. The Morgan fingerprint density at radius 3 is 2.67 bits per heavy atom. The van der Waals surface area contributed by atoms with Gasteiger partial charge in [-0.05, 0) is 55.0 Å². The molecule has 0 aliphatic heterocycles. The molecule has 0 radical (unpaired) electrons. The summed E-state index contributed by atoms with van der Waals surface area (Å²) in [6.45, 7) is 2.02. The van der Waals surface area contributed by atoms with E-state index in [1.54, 1.807) is 31.4 Å². The van der Waals surface area contributed by atoms with Crippen molar-refractivity contribution < 1.29 is 18.7 Å². The summed E-state index contributed by atoms with van der Waals surface area (Å²) in [5.41, 5.74) is 1.66. The SMILES string of the molecule is COc1ccc(NC(=O)Cn2nc(COc3ccccc3C)oc2=S)cc1. The van der Waals surface area contributed by atoms with Gasteiger partial charge in [0.15, 0.2) is 6.61 Å². The molecule has 1 heterocycles. The second kappa shape index (κ2) is 8.50. The number of aryl methyl sites for hydroxylation is 1. The number of methoxy groups -OCH3 is 1. The number of hydrogen-bond donors (Lipinski definition) is 1. The lowest BCUT2D eigenvalue weighted by Gasteiger charge is -2.06. The van der Waals surface area contributed by atoms with E-state index in [4.69, 9.17) is 26.1 Å². The first-order valence-corrected chi connectivity index (χ1v) is 8.65. The smallest absolute Gasteiger partial charge is 0.287 e. The van der Waals surface area contributed by atoms with Crippen LogP contribution in [0.3, 0.4) is 0 Å². The number of para-hydroxylation sites is 1. The Hall–Kier alpha value is -3.13. The van der Waals surface area contributed by atoms with Gasteiger partial charge in [0.25, 0.3) is 10.7 Å². The van der Waals surface area contributed by atoms with Crippen molar-refractivity contribution in [1.82, 2.24) is 9.78 Å². The molecule has 1 amide bonds. The first-order chi connectivity index (χ1) is 13.0. The third-order valence-electron chi connectivity index (χ3n) is 3.76. The van der Waals surface area contributed by atoms with Crippen molar-refractivity contribution in [2.45, 2.75) is 20.1 Å². The summed E-state index contributed by atoms with van der Waals surface area (Å²) in [5.74, 6) is 1.49. The number of benzene rings is 2. The molecule has 0 atom stereocenters. The molecule has 8 heteroatoms. The monoisotopic (exact) mass is 385 g/mol. The molecule has 0 aliphatic carbocycles. The van der Waals surface area contributed by atoms with Crippen LogP contribution in [0.4, 0.5) is 5.69 Å². The molecule has 1 N–H and O–H groups in total. The summed E-state index contributed by atoms with van der Waals surface area (Å²) < 4.78 is 17.5. The van der Waals surface area contributed by atoms with Crippen LogP contribution in [0.5, 0.6) is 11.5 Å². The highest BCUT2D eigenvalue weighted by atomic mass is 32.1. The van der Waals surface area contributed by atoms with Gasteiger partial charge in [-0.1, -0.05) is 18.2 Å². The largest absolute Gasteiger partial charge is 0.497 e. The van der Waals surface area contributed by atoms with Crippen molar-refractivity contribution in [2.75, 3.05) is 12.4 Å². The minimum absolute atomic E-state index is 0.0568. The van der Waals surface area contributed by atoms with Gasteiger partial charge in [0, 0.05) is 5.69 Å². The lowest BCUT2D eigenvalue weighted by molar-refractivity contribution is -0.117. The van der Waals surface area contributed by atoms with Gasteiger partial charge in [-0.25, -0.2) is 4.68 Å². The van der Waals surface area contributed by atoms with Crippen LogP contribution in [0.15, 0.2) is 52.9 Å². The van der Waals surface area contributed by atoms with Crippen LogP contribution in [0, 0.1) is 11.8 Å². The Balaban J connectivity index is 1.59. The lowest BCUT2D eigenvalue weighted by atomic mass is 10.2. The zero-order chi connectivity index (χ0) is 19.2. The average molecular weight is 385 g/mol. The number of ether oxygens (including phenoxy) is 2. The van der Waals surface area contributed by atoms with E-state index in [-0.39, 0.29) is 23.9 Å². The first kappa shape index (κ1) is 18.7. The molecule has 1 aromatic heterocycles. The van der Waals surface area contributed by atoms with E-state index in [0.717, 1.165) is 11.3 Å². The lowest BCUT2D eigenvalue weighted by Crippen LogP contribution is -2.19. The predicted molar refractivity (Wildman–Crippen MR) is 102 cm³/mol. The summed E-state index contributed by atoms with van der Waals surface area (Å²) in [4.78, 5) is 12.3. The molecule has 0 saturated carbocycles. The number of anilines is 1. The maximum Gasteiger partial charge on any atom is 0.287 e. The van der Waals surface area contributed by atoms with E-state index in [9.17, 15) is 4.79 Å². The summed E-state index contributed by atoms with van der Waals surface area (Å²) >= 11 is 5.13. The molecule has 3 aromatic rings. The van der Waals surface area contributed by atoms with Gasteiger partial charge >= 0.3 is 0 Å². The van der Waals surface area contributed by atoms with Crippen LogP contribution in [0.25, 0.3) is 0 Å². The van der Waals surface area contributed by atoms with Gasteiger partial charge in [-0.15, -0.1) is 5.10 Å². The molecule has 0 aliphatic rings. The summed E-state index contributed by atoms with van der Waals surface area (Å²) in [7, 11) is 1.58. The average Bonchev–Trinajstić information content (AvgIpc) is 3.01. The fourth-order valence-corrected chi connectivity index (χ4v) is 2.58. The number of carbonyl (C=O) groups is 1. The Kier molecular flexibility index (Phi) is 5.87. The van der Waals surface area contributed by atoms with Crippen molar-refractivity contribution in [1.29, 1.82) is 0 Å². The highest BCUT2D eigenvalue weighted by Gasteiger charge is 2.11. The van der Waals surface area contributed by atoms with Gasteiger partial charge in [-0.2, -0.15) is 0 Å². The van der Waals surface area contributed by atoms with Crippen LogP contribution < -0.4 is 14.8 Å². The number of amides is 1. The Morgan fingerprint density at radius 1 is 1.22 bits per heavy atom. The van der Waals surface area contributed by atoms with Crippen LogP contribution >= 0.6 is 12.2 Å². The van der Waals surface area contributed by atoms with E-state index < -0.39 is 0 Å². The molecule has 140 valence electrons. The minimum Gasteiger partial charge on any atom is -0.497 e. The molecular weight excluding hydrogens is 366 g/mol. The molecular formula is C19H19N3O4S. The highest BCUT2D eigenvalue weighted by Crippen LogP contribution is 2.18. The van der Waals surface area contributed by atoms with E-state index in [2.05, 4.69) is 10.4 Å². The van der Waals surface area contributed by atoms with Crippen molar-refractivity contribution in [3.05, 3.63) is 64.8 Å². The number of aromatic nitrogens is 2. The summed E-state index contributed by atoms with van der Waals surface area (Å²) in [6, 6.07) is 14.7. The van der Waals surface area contributed by atoms with Crippen molar-refractivity contribution in [2.24, 2.45) is 0 Å². The third kappa shape index (κ3) is 4.95. The second-order valence-corrected chi connectivity index (χ2v) is 6.10. The number of nitrogens with one attached hydrogen (secondary N) is 1. The maximum atomic E-state index is 12.2. The van der Waals surface area contributed by atoms with Gasteiger partial charge in [0.2, 0.25) is 5.91 Å². The first-order valence-electron chi connectivity index (χ1n) is 8.24. The quantitative estimate of drug-likeness (QED) is 0.624. The fourth-order valence-electron chi connectivity index (χ4n) is 2.38. The van der Waals surface area contributed by atoms with E-state index in [1.165, 1.54) is 4.68 Å². The maximum absolute atomic E-state index is 12.2. The van der Waals surface area contributed by atoms with Crippen molar-refractivity contribution in [3.63, 3.8) is 0 Å². The second-order valence-electron chi connectivity index (χ2n) is 5.75. The summed E-state index contributed by atoms with van der Waals surface area (Å²) in [6.07, 6.45) is 0. The van der Waals surface area contributed by atoms with E-state index in [1.807, 2.05) is 31.2 Å². The molecule has 0 saturated heterocycles. The molecule has 0 bridgehead atoms. The topological polar surface area (TPSA) is 78.5 Å². The fraction of sp³-hybridized carbons (Fsp3) is 0.211. The minimum atomic E-state index is -0.268. The van der Waals surface area contributed by atoms with Crippen molar-refractivity contribution in [3.8, 4) is 11.5 Å². The zero-order valence-electron chi connectivity index (χ0n) is 15.0. The van der Waals surface area contributed by atoms with E-state index in [0.29, 0.717) is 17.3 Å². The number of nitrogens with zero attached hydrogens (tertiary/aromatic N) is 2. The van der Waals surface area contributed by atoms with Crippen molar-refractivity contribution >= 4 is 23.8 Å². The molecule has 3 rings (SSSR count). The molecule has 27 heavy (non-hydrogen) atoms. The third-order valence-corrected chi connectivity index (χ3v) is 4.05. The standard InChI is InChI=1S/C19H19N3O4S/c1-13-5-3-4-6-16(13)25-12-18-21-22(19(27)26-18)11-17(23)20-14-7-9-15(24-2)10-8-14/h3-10H,11-12H2,1-2H3,(H,20,23). The molecule has 0 unspecified atom stereocenters. The van der Waals surface area contributed by atoms with Gasteiger partial charge in [0.1, 0.15) is 18.0 Å². The van der Waals surface area contributed by atoms with Gasteiger partial charge < -0.3 is 19.2 Å². The normalized spacial score (nSPS) is 10.4. The van der Waals surface area contributed by atoms with Gasteiger partial charge in [-0.3, -0.25) is 4.79 Å². The van der Waals surface area contributed by atoms with Crippen LogP contribution in [-0.2, 0) is 17.9 Å². The molecule has 0 fully saturated rings. The van der Waals surface area contributed by atoms with Gasteiger partial charge in [0.05, 0.1) is 7.11 Å². The highest BCUT2D eigenvalue weighted by molar-refractivity contribution is 7.71. The zero-order valence-corrected chi connectivity index (χ0v) is 15.8. The number of carbonyl (C=O) groups excluding carboxylic acids is 1. The molecule has 2 aromatic carbocycles. The Labute approximate surface area is 161 Å². The number of hydrogen-bond acceptors (Lipinski definition) is 6. The number of rotatable bonds is 7. The Bertz CT molecular complexity index is 979. The van der Waals surface area contributed by atoms with Crippen LogP contribution in [-0.4, -0.2) is 22.8 Å². The van der Waals surface area contributed by atoms with E-state index >= 15 is 0 Å². The Morgan fingerprint density at radius 2 is 1.96 bits per heavy atom. The van der Waals surface area contributed by atoms with Crippen LogP contribution in [0.1, 0.15) is 11.5 Å². The van der Waals surface area contributed by atoms with Crippen LogP contribution in [0.2, 0.25) is 0 Å². The molecule has 0 spiro atoms.